The highest BCUT2D eigenvalue weighted by Gasteiger charge is 2.24. The first-order valence-corrected chi connectivity index (χ1v) is 12.0. The highest BCUT2D eigenvalue weighted by atomic mass is 16.5. The van der Waals surface area contributed by atoms with E-state index in [1.165, 1.54) is 48.8 Å². The van der Waals surface area contributed by atoms with Crippen molar-refractivity contribution in [1.82, 2.24) is 0 Å². The summed E-state index contributed by atoms with van der Waals surface area (Å²) in [6.07, 6.45) is 8.95. The number of benzene rings is 3. The molecule has 31 heavy (non-hydrogen) atoms. The third kappa shape index (κ3) is 6.00. The minimum Gasteiger partial charge on any atom is -0.497 e. The Labute approximate surface area is 188 Å². The average molecular weight is 413 g/mol. The summed E-state index contributed by atoms with van der Waals surface area (Å²) >= 11 is 0. The normalized spacial score (nSPS) is 19.7. The summed E-state index contributed by atoms with van der Waals surface area (Å²) in [4.78, 5) is 0. The number of aryl methyl sites for hydroxylation is 2. The molecule has 3 aromatic carbocycles. The van der Waals surface area contributed by atoms with E-state index in [9.17, 15) is 0 Å². The Morgan fingerprint density at radius 2 is 1.32 bits per heavy atom. The molecule has 0 aromatic heterocycles. The first-order chi connectivity index (χ1) is 15.2. The van der Waals surface area contributed by atoms with Gasteiger partial charge in [0.2, 0.25) is 0 Å². The van der Waals surface area contributed by atoms with Gasteiger partial charge in [0, 0.05) is 0 Å². The highest BCUT2D eigenvalue weighted by Crippen LogP contribution is 2.39. The molecule has 1 saturated carbocycles. The number of rotatable bonds is 8. The lowest BCUT2D eigenvalue weighted by molar-refractivity contribution is 0.297. The minimum absolute atomic E-state index is 0.674. The SMILES string of the molecule is COc1ccc(CCc2ccc(C3CCC(C[C@H](C)c4ccccc4)CC3)cc2)cc1. The van der Waals surface area contributed by atoms with Crippen LogP contribution in [0.5, 0.6) is 5.75 Å². The van der Waals surface area contributed by atoms with Crippen LogP contribution in [0.25, 0.3) is 0 Å². The van der Waals surface area contributed by atoms with Crippen molar-refractivity contribution in [3.05, 3.63) is 101 Å². The third-order valence-electron chi connectivity index (χ3n) is 7.21. The second-order valence-electron chi connectivity index (χ2n) is 9.35. The molecule has 1 fully saturated rings. The van der Waals surface area contributed by atoms with Gasteiger partial charge in [-0.05, 0) is 97.1 Å². The molecular formula is C30H36O. The van der Waals surface area contributed by atoms with E-state index >= 15 is 0 Å². The van der Waals surface area contributed by atoms with Gasteiger partial charge in [-0.2, -0.15) is 0 Å². The second-order valence-corrected chi connectivity index (χ2v) is 9.35. The maximum absolute atomic E-state index is 5.25. The van der Waals surface area contributed by atoms with E-state index in [-0.39, 0.29) is 0 Å². The van der Waals surface area contributed by atoms with Gasteiger partial charge in [-0.3, -0.25) is 0 Å². The molecule has 4 rings (SSSR count). The number of hydrogen-bond acceptors (Lipinski definition) is 1. The second kappa shape index (κ2) is 10.7. The van der Waals surface area contributed by atoms with Crippen LogP contribution in [0.3, 0.4) is 0 Å². The van der Waals surface area contributed by atoms with Crippen molar-refractivity contribution in [3.8, 4) is 5.75 Å². The van der Waals surface area contributed by atoms with Crippen molar-refractivity contribution in [3.63, 3.8) is 0 Å². The molecule has 0 bridgehead atoms. The van der Waals surface area contributed by atoms with Gasteiger partial charge in [-0.1, -0.05) is 73.7 Å². The van der Waals surface area contributed by atoms with Crippen LogP contribution in [0.1, 0.15) is 73.1 Å². The van der Waals surface area contributed by atoms with Crippen molar-refractivity contribution in [2.45, 2.75) is 63.7 Å². The highest BCUT2D eigenvalue weighted by molar-refractivity contribution is 5.30. The molecule has 0 N–H and O–H groups in total. The van der Waals surface area contributed by atoms with Crippen molar-refractivity contribution in [1.29, 1.82) is 0 Å². The van der Waals surface area contributed by atoms with Gasteiger partial charge in [0.1, 0.15) is 5.75 Å². The third-order valence-corrected chi connectivity index (χ3v) is 7.21. The van der Waals surface area contributed by atoms with E-state index in [1.807, 2.05) is 0 Å². The lowest BCUT2D eigenvalue weighted by Crippen LogP contribution is -2.15. The van der Waals surface area contributed by atoms with Crippen LogP contribution in [-0.4, -0.2) is 7.11 Å². The zero-order chi connectivity index (χ0) is 21.5. The Morgan fingerprint density at radius 1 is 0.742 bits per heavy atom. The van der Waals surface area contributed by atoms with Gasteiger partial charge in [-0.15, -0.1) is 0 Å². The van der Waals surface area contributed by atoms with E-state index in [4.69, 9.17) is 4.74 Å². The standard InChI is InChI=1S/C30H36O/c1-23(27-6-4-3-5-7-27)22-26-12-18-29(19-13-26)28-16-10-24(11-17-28)8-9-25-14-20-30(31-2)21-15-25/h3-7,10-11,14-17,20-21,23,26,29H,8-9,12-13,18-19,22H2,1-2H3/t23-,26?,29?/m0/s1. The van der Waals surface area contributed by atoms with Crippen LogP contribution in [-0.2, 0) is 12.8 Å². The molecule has 162 valence electrons. The Kier molecular flexibility index (Phi) is 7.46. The van der Waals surface area contributed by atoms with E-state index in [0.717, 1.165) is 30.4 Å². The molecule has 1 aliphatic carbocycles. The first-order valence-electron chi connectivity index (χ1n) is 12.0. The molecule has 0 aliphatic heterocycles. The predicted octanol–water partition coefficient (Wildman–Crippen LogP) is 7.95. The van der Waals surface area contributed by atoms with Crippen molar-refractivity contribution in [2.75, 3.05) is 7.11 Å². The topological polar surface area (TPSA) is 9.23 Å². The van der Waals surface area contributed by atoms with Gasteiger partial charge >= 0.3 is 0 Å². The molecule has 0 unspecified atom stereocenters. The Balaban J connectivity index is 1.24. The van der Waals surface area contributed by atoms with Crippen molar-refractivity contribution < 1.29 is 4.74 Å². The molecule has 1 atom stereocenters. The van der Waals surface area contributed by atoms with Gasteiger partial charge < -0.3 is 4.74 Å². The van der Waals surface area contributed by atoms with Gasteiger partial charge in [-0.25, -0.2) is 0 Å². The maximum Gasteiger partial charge on any atom is 0.118 e. The van der Waals surface area contributed by atoms with Crippen LogP contribution in [0.15, 0.2) is 78.9 Å². The van der Waals surface area contributed by atoms with Gasteiger partial charge in [0.25, 0.3) is 0 Å². The number of hydrogen-bond donors (Lipinski definition) is 0. The van der Waals surface area contributed by atoms with Crippen LogP contribution in [0, 0.1) is 5.92 Å². The summed E-state index contributed by atoms with van der Waals surface area (Å²) < 4.78 is 5.25. The average Bonchev–Trinajstić information content (AvgIpc) is 2.84. The molecule has 0 heterocycles. The van der Waals surface area contributed by atoms with E-state index in [2.05, 4.69) is 85.8 Å². The largest absolute Gasteiger partial charge is 0.497 e. The summed E-state index contributed by atoms with van der Waals surface area (Å²) in [5.41, 5.74) is 5.84. The molecule has 0 spiro atoms. The van der Waals surface area contributed by atoms with Crippen LogP contribution in [0.2, 0.25) is 0 Å². The van der Waals surface area contributed by atoms with E-state index < -0.39 is 0 Å². The lowest BCUT2D eigenvalue weighted by Gasteiger charge is -2.30. The Hall–Kier alpha value is -2.54. The summed E-state index contributed by atoms with van der Waals surface area (Å²) in [6.45, 7) is 2.39. The molecule has 0 saturated heterocycles. The van der Waals surface area contributed by atoms with Crippen LogP contribution < -0.4 is 4.74 Å². The fourth-order valence-corrected chi connectivity index (χ4v) is 5.19. The molecule has 1 nitrogen and oxygen atoms in total. The molecule has 0 radical (unpaired) electrons. The fraction of sp³-hybridized carbons (Fsp3) is 0.400. The van der Waals surface area contributed by atoms with Crippen LogP contribution in [0.4, 0.5) is 0 Å². The van der Waals surface area contributed by atoms with Crippen molar-refractivity contribution in [2.24, 2.45) is 5.92 Å². The smallest absolute Gasteiger partial charge is 0.118 e. The molecule has 1 aliphatic rings. The maximum atomic E-state index is 5.25. The Morgan fingerprint density at radius 3 is 1.90 bits per heavy atom. The summed E-state index contributed by atoms with van der Waals surface area (Å²) in [7, 11) is 1.72. The number of methoxy groups -OCH3 is 1. The quantitative estimate of drug-likeness (QED) is 0.365. The molecule has 3 aromatic rings. The van der Waals surface area contributed by atoms with Gasteiger partial charge in [0.05, 0.1) is 7.11 Å². The first kappa shape index (κ1) is 21.7. The lowest BCUT2D eigenvalue weighted by atomic mass is 9.75. The summed E-state index contributed by atoms with van der Waals surface area (Å²) in [5.74, 6) is 3.24. The monoisotopic (exact) mass is 412 g/mol. The summed E-state index contributed by atoms with van der Waals surface area (Å²) in [6, 6.07) is 28.9. The Bertz CT molecular complexity index is 903. The zero-order valence-electron chi connectivity index (χ0n) is 19.1. The predicted molar refractivity (Wildman–Crippen MR) is 131 cm³/mol. The molecule has 1 heteroatoms. The van der Waals surface area contributed by atoms with Gasteiger partial charge in [0.15, 0.2) is 0 Å². The summed E-state index contributed by atoms with van der Waals surface area (Å²) in [5, 5.41) is 0. The van der Waals surface area contributed by atoms with Crippen LogP contribution >= 0.6 is 0 Å². The number of ether oxygens (including phenoxy) is 1. The molecular weight excluding hydrogens is 376 g/mol. The van der Waals surface area contributed by atoms with E-state index in [0.29, 0.717) is 5.92 Å². The zero-order valence-corrected chi connectivity index (χ0v) is 19.1. The minimum atomic E-state index is 0.674. The fourth-order valence-electron chi connectivity index (χ4n) is 5.19. The van der Waals surface area contributed by atoms with E-state index in [1.54, 1.807) is 12.7 Å². The van der Waals surface area contributed by atoms with Crippen molar-refractivity contribution >= 4 is 0 Å². The molecule has 0 amide bonds.